The minimum atomic E-state index is -0.0549. The molecule has 0 bridgehead atoms. The molecule has 7 nitrogen and oxygen atoms in total. The lowest BCUT2D eigenvalue weighted by atomic mass is 9.87. The highest BCUT2D eigenvalue weighted by Crippen LogP contribution is 2.32. The summed E-state index contributed by atoms with van der Waals surface area (Å²) in [6, 6.07) is 0. The summed E-state index contributed by atoms with van der Waals surface area (Å²) in [6.45, 7) is 6.51. The Morgan fingerprint density at radius 3 is 2.26 bits per heavy atom. The van der Waals surface area contributed by atoms with E-state index < -0.39 is 0 Å². The van der Waals surface area contributed by atoms with E-state index in [9.17, 15) is 9.59 Å². The highest BCUT2D eigenvalue weighted by Gasteiger charge is 2.33. The van der Waals surface area contributed by atoms with E-state index in [1.54, 1.807) is 28.2 Å². The van der Waals surface area contributed by atoms with Gasteiger partial charge in [0.2, 0.25) is 11.8 Å². The van der Waals surface area contributed by atoms with E-state index in [-0.39, 0.29) is 30.3 Å². The first-order valence-electron chi connectivity index (χ1n) is 8.12. The van der Waals surface area contributed by atoms with Crippen molar-refractivity contribution >= 4 is 17.8 Å². The van der Waals surface area contributed by atoms with Crippen molar-refractivity contribution in [3.63, 3.8) is 0 Å². The van der Waals surface area contributed by atoms with E-state index in [0.717, 1.165) is 25.9 Å². The summed E-state index contributed by atoms with van der Waals surface area (Å²) in [7, 11) is 6.87. The van der Waals surface area contributed by atoms with Crippen molar-refractivity contribution in [1.29, 1.82) is 0 Å². The predicted octanol–water partition coefficient (Wildman–Crippen LogP) is 0.230. The third-order valence-electron chi connectivity index (χ3n) is 4.47. The number of likely N-dealkylation sites (N-methyl/N-ethyl adjacent to an activating group) is 2. The van der Waals surface area contributed by atoms with Gasteiger partial charge in [-0.3, -0.25) is 9.59 Å². The number of hydrogen-bond acceptors (Lipinski definition) is 3. The summed E-state index contributed by atoms with van der Waals surface area (Å²) in [6.07, 6.45) is 2.19. The molecule has 1 aliphatic rings. The lowest BCUT2D eigenvalue weighted by Gasteiger charge is -2.26. The van der Waals surface area contributed by atoms with Crippen molar-refractivity contribution in [2.75, 3.05) is 54.4 Å². The molecule has 0 aromatic carbocycles. The van der Waals surface area contributed by atoms with E-state index in [1.165, 1.54) is 9.80 Å². The lowest BCUT2D eigenvalue weighted by Crippen LogP contribution is -2.45. The van der Waals surface area contributed by atoms with Gasteiger partial charge in [0, 0.05) is 41.3 Å². The quantitative estimate of drug-likeness (QED) is 0.580. The second-order valence-corrected chi connectivity index (χ2v) is 6.91. The molecule has 1 N–H and O–H groups in total. The maximum Gasteiger partial charge on any atom is 0.243 e. The van der Waals surface area contributed by atoms with Crippen LogP contribution in [0.5, 0.6) is 0 Å². The number of hydrogen-bond donors (Lipinski definition) is 1. The Bertz CT molecular complexity index is 461. The van der Waals surface area contributed by atoms with Gasteiger partial charge >= 0.3 is 0 Å². The van der Waals surface area contributed by atoms with Crippen LogP contribution in [0, 0.1) is 5.41 Å². The van der Waals surface area contributed by atoms with Crippen molar-refractivity contribution in [2.24, 2.45) is 10.4 Å². The molecule has 1 saturated heterocycles. The molecule has 0 aromatic rings. The van der Waals surface area contributed by atoms with Crippen LogP contribution in [0.1, 0.15) is 26.7 Å². The lowest BCUT2D eigenvalue weighted by molar-refractivity contribution is -0.127. The summed E-state index contributed by atoms with van der Waals surface area (Å²) in [5.41, 5.74) is 0.263. The van der Waals surface area contributed by atoms with E-state index >= 15 is 0 Å². The monoisotopic (exact) mass is 325 g/mol. The summed E-state index contributed by atoms with van der Waals surface area (Å²) in [5, 5.41) is 3.11. The largest absolute Gasteiger partial charge is 0.347 e. The number of likely N-dealkylation sites (tertiary alicyclic amines) is 1. The number of carbonyl (C=O) groups is 2. The first-order chi connectivity index (χ1) is 10.7. The molecule has 0 saturated carbocycles. The number of nitrogens with zero attached hydrogens (tertiary/aromatic N) is 4. The topological polar surface area (TPSA) is 68.2 Å². The zero-order valence-electron chi connectivity index (χ0n) is 15.3. The predicted molar refractivity (Wildman–Crippen MR) is 92.3 cm³/mol. The van der Waals surface area contributed by atoms with E-state index in [0.29, 0.717) is 5.96 Å². The van der Waals surface area contributed by atoms with Crippen LogP contribution in [-0.4, -0.2) is 86.8 Å². The fraction of sp³-hybridized carbons (Fsp3) is 0.812. The molecule has 2 amide bonds. The Hall–Kier alpha value is -1.79. The highest BCUT2D eigenvalue weighted by atomic mass is 16.2. The van der Waals surface area contributed by atoms with E-state index in [2.05, 4.69) is 29.1 Å². The second-order valence-electron chi connectivity index (χ2n) is 6.91. The zero-order valence-corrected chi connectivity index (χ0v) is 15.3. The van der Waals surface area contributed by atoms with Gasteiger partial charge in [0.15, 0.2) is 5.96 Å². The van der Waals surface area contributed by atoms with Crippen molar-refractivity contribution < 1.29 is 9.59 Å². The molecule has 0 aliphatic carbocycles. The van der Waals surface area contributed by atoms with Gasteiger partial charge < -0.3 is 20.0 Å². The average molecular weight is 325 g/mol. The number of rotatable bonds is 5. The number of nitrogens with one attached hydrogen (secondary N) is 1. The summed E-state index contributed by atoms with van der Waals surface area (Å²) < 4.78 is 0. The molecular formula is C16H31N5O2. The molecule has 0 aromatic heterocycles. The molecule has 1 aliphatic heterocycles. The van der Waals surface area contributed by atoms with Crippen LogP contribution in [0.4, 0.5) is 0 Å². The Morgan fingerprint density at radius 1 is 1.17 bits per heavy atom. The standard InChI is InChI=1S/C16H31N5O2/c1-7-16(2)8-9-21(12-16)15(17-10-13(22)19(3)4)18-11-14(23)20(5)6/h7-12H2,1-6H3,(H,17,18). The molecular weight excluding hydrogens is 294 g/mol. The molecule has 1 heterocycles. The van der Waals surface area contributed by atoms with Crippen molar-refractivity contribution in [2.45, 2.75) is 26.7 Å². The number of carbonyl (C=O) groups excluding carboxylic acids is 2. The Morgan fingerprint density at radius 2 is 1.78 bits per heavy atom. The molecule has 1 fully saturated rings. The molecule has 7 heteroatoms. The normalized spacial score (nSPS) is 21.3. The van der Waals surface area contributed by atoms with E-state index in [4.69, 9.17) is 0 Å². The SMILES string of the molecule is CCC1(C)CCN(C(=NCC(=O)N(C)C)NCC(=O)N(C)C)C1. The third kappa shape index (κ3) is 5.73. The summed E-state index contributed by atoms with van der Waals surface area (Å²) in [5.74, 6) is 0.572. The molecule has 0 spiro atoms. The van der Waals surface area contributed by atoms with Crippen LogP contribution in [0.15, 0.2) is 4.99 Å². The van der Waals surface area contributed by atoms with E-state index in [1.807, 2.05) is 0 Å². The maximum atomic E-state index is 11.8. The Kier molecular flexibility index (Phi) is 6.84. The smallest absolute Gasteiger partial charge is 0.243 e. The first-order valence-corrected chi connectivity index (χ1v) is 8.12. The van der Waals surface area contributed by atoms with Gasteiger partial charge in [-0.15, -0.1) is 0 Å². The van der Waals surface area contributed by atoms with Crippen molar-refractivity contribution in [1.82, 2.24) is 20.0 Å². The Balaban J connectivity index is 2.78. The number of amides is 2. The van der Waals surface area contributed by atoms with Gasteiger partial charge in [-0.1, -0.05) is 13.8 Å². The molecule has 0 radical (unpaired) electrons. The fourth-order valence-electron chi connectivity index (χ4n) is 2.36. The van der Waals surface area contributed by atoms with Crippen LogP contribution in [-0.2, 0) is 9.59 Å². The molecule has 1 rings (SSSR count). The molecule has 1 atom stereocenters. The van der Waals surface area contributed by atoms with Crippen LogP contribution in [0.3, 0.4) is 0 Å². The number of guanidine groups is 1. The molecule has 1 unspecified atom stereocenters. The minimum Gasteiger partial charge on any atom is -0.347 e. The zero-order chi connectivity index (χ0) is 17.6. The average Bonchev–Trinajstić information content (AvgIpc) is 2.89. The summed E-state index contributed by atoms with van der Waals surface area (Å²) in [4.78, 5) is 33.2. The van der Waals surface area contributed by atoms with Gasteiger partial charge in [-0.05, 0) is 18.3 Å². The summed E-state index contributed by atoms with van der Waals surface area (Å²) >= 11 is 0. The number of aliphatic imine (C=N–C) groups is 1. The highest BCUT2D eigenvalue weighted by molar-refractivity contribution is 5.88. The first kappa shape index (κ1) is 19.3. The van der Waals surface area contributed by atoms with Gasteiger partial charge in [-0.25, -0.2) is 4.99 Å². The van der Waals surface area contributed by atoms with Crippen LogP contribution < -0.4 is 5.32 Å². The van der Waals surface area contributed by atoms with Crippen molar-refractivity contribution in [3.8, 4) is 0 Å². The van der Waals surface area contributed by atoms with Gasteiger partial charge in [0.25, 0.3) is 0 Å². The van der Waals surface area contributed by atoms with Crippen molar-refractivity contribution in [3.05, 3.63) is 0 Å². The fourth-order valence-corrected chi connectivity index (χ4v) is 2.36. The van der Waals surface area contributed by atoms with Crippen LogP contribution >= 0.6 is 0 Å². The van der Waals surface area contributed by atoms with Crippen LogP contribution in [0.2, 0.25) is 0 Å². The van der Waals surface area contributed by atoms with Gasteiger partial charge in [0.1, 0.15) is 6.54 Å². The van der Waals surface area contributed by atoms with Gasteiger partial charge in [-0.2, -0.15) is 0 Å². The minimum absolute atomic E-state index is 0.0194. The Labute approximate surface area is 139 Å². The van der Waals surface area contributed by atoms with Crippen LogP contribution in [0.25, 0.3) is 0 Å². The van der Waals surface area contributed by atoms with Gasteiger partial charge in [0.05, 0.1) is 6.54 Å². The third-order valence-corrected chi connectivity index (χ3v) is 4.47. The maximum absolute atomic E-state index is 11.8. The molecule has 132 valence electrons. The molecule has 23 heavy (non-hydrogen) atoms. The second kappa shape index (κ2) is 8.17.